The van der Waals surface area contributed by atoms with Crippen LogP contribution < -0.4 is 5.32 Å². The molecule has 0 fully saturated rings. The maximum atomic E-state index is 12.2. The largest absolute Gasteiger partial charge is 0.451 e. The molecule has 1 aliphatic rings. The Bertz CT molecular complexity index is 796. The number of amides is 1. The van der Waals surface area contributed by atoms with Crippen molar-refractivity contribution >= 4 is 46.4 Å². The fraction of sp³-hybridized carbons (Fsp3) is 0.368. The van der Waals surface area contributed by atoms with Crippen molar-refractivity contribution in [1.29, 1.82) is 0 Å². The lowest BCUT2D eigenvalue weighted by atomic mass is 10.1. The number of halogens is 2. The number of ether oxygens (including phenoxy) is 1. The Morgan fingerprint density at radius 3 is 2.73 bits per heavy atom. The number of hydrogen-bond donors (Lipinski definition) is 1. The maximum Gasteiger partial charge on any atom is 0.348 e. The minimum atomic E-state index is -0.442. The maximum absolute atomic E-state index is 12.2. The summed E-state index contributed by atoms with van der Waals surface area (Å²) in [6.45, 7) is -0.0632. The highest BCUT2D eigenvalue weighted by atomic mass is 35.5. The fourth-order valence-corrected chi connectivity index (χ4v) is 4.50. The van der Waals surface area contributed by atoms with Crippen LogP contribution in [-0.4, -0.2) is 18.5 Å². The topological polar surface area (TPSA) is 55.4 Å². The standard InChI is InChI=1S/C19H19Cl2NO3S/c20-14-7-6-13(15(21)9-14)10-22-18(23)11-25-19(24)17-8-12-4-2-1-3-5-16(12)26-17/h6-9H,1-5,10-11H2,(H,22,23). The van der Waals surface area contributed by atoms with Gasteiger partial charge in [0.15, 0.2) is 6.61 Å². The molecule has 1 aliphatic carbocycles. The first kappa shape index (κ1) is 19.2. The van der Waals surface area contributed by atoms with Crippen LogP contribution in [0.1, 0.15) is 44.9 Å². The van der Waals surface area contributed by atoms with Gasteiger partial charge in [0.25, 0.3) is 5.91 Å². The second-order valence-electron chi connectivity index (χ2n) is 6.21. The zero-order valence-electron chi connectivity index (χ0n) is 14.1. The van der Waals surface area contributed by atoms with Crippen LogP contribution in [0.2, 0.25) is 10.0 Å². The molecular weight excluding hydrogens is 393 g/mol. The molecule has 26 heavy (non-hydrogen) atoms. The van der Waals surface area contributed by atoms with Crippen LogP contribution in [0.25, 0.3) is 0 Å². The van der Waals surface area contributed by atoms with E-state index in [1.807, 2.05) is 6.07 Å². The van der Waals surface area contributed by atoms with Gasteiger partial charge < -0.3 is 10.1 Å². The highest BCUT2D eigenvalue weighted by Gasteiger charge is 2.18. The molecule has 0 unspecified atom stereocenters. The first-order valence-corrected chi connectivity index (χ1v) is 10.1. The molecular formula is C19H19Cl2NO3S. The van der Waals surface area contributed by atoms with Gasteiger partial charge in [-0.1, -0.05) is 35.7 Å². The van der Waals surface area contributed by atoms with E-state index in [-0.39, 0.29) is 19.1 Å². The molecule has 3 rings (SSSR count). The Kier molecular flexibility index (Phi) is 6.57. The first-order valence-electron chi connectivity index (χ1n) is 8.52. The van der Waals surface area contributed by atoms with Gasteiger partial charge in [-0.15, -0.1) is 11.3 Å². The van der Waals surface area contributed by atoms with Gasteiger partial charge in [-0.2, -0.15) is 0 Å². The molecule has 1 N–H and O–H groups in total. The van der Waals surface area contributed by atoms with Crippen molar-refractivity contribution in [3.05, 3.63) is 55.2 Å². The van der Waals surface area contributed by atoms with Crippen LogP contribution in [0.3, 0.4) is 0 Å². The summed E-state index contributed by atoms with van der Waals surface area (Å²) in [4.78, 5) is 26.0. The summed E-state index contributed by atoms with van der Waals surface area (Å²) in [5.74, 6) is -0.815. The SMILES string of the molecule is O=C(COC(=O)c1cc2c(s1)CCCCC2)NCc1ccc(Cl)cc1Cl. The lowest BCUT2D eigenvalue weighted by molar-refractivity contribution is -0.124. The molecule has 138 valence electrons. The summed E-state index contributed by atoms with van der Waals surface area (Å²) in [7, 11) is 0. The van der Waals surface area contributed by atoms with Crippen molar-refractivity contribution in [2.75, 3.05) is 6.61 Å². The van der Waals surface area contributed by atoms with Gasteiger partial charge in [-0.05, 0) is 55.0 Å². The number of aryl methyl sites for hydroxylation is 2. The van der Waals surface area contributed by atoms with Crippen molar-refractivity contribution in [3.8, 4) is 0 Å². The van der Waals surface area contributed by atoms with E-state index in [1.165, 1.54) is 28.2 Å². The molecule has 0 radical (unpaired) electrons. The van der Waals surface area contributed by atoms with E-state index in [0.717, 1.165) is 31.2 Å². The second-order valence-corrected chi connectivity index (χ2v) is 8.19. The van der Waals surface area contributed by atoms with Gasteiger partial charge in [-0.25, -0.2) is 4.79 Å². The molecule has 0 saturated carbocycles. The van der Waals surface area contributed by atoms with Crippen molar-refractivity contribution in [3.63, 3.8) is 0 Å². The third kappa shape index (κ3) is 5.00. The van der Waals surface area contributed by atoms with E-state index >= 15 is 0 Å². The smallest absolute Gasteiger partial charge is 0.348 e. The summed E-state index contributed by atoms with van der Waals surface area (Å²) in [5, 5.41) is 3.70. The lowest BCUT2D eigenvalue weighted by Crippen LogP contribution is -2.28. The molecule has 7 heteroatoms. The summed E-state index contributed by atoms with van der Waals surface area (Å²) < 4.78 is 5.14. The molecule has 4 nitrogen and oxygen atoms in total. The average Bonchev–Trinajstić information content (AvgIpc) is 2.89. The van der Waals surface area contributed by atoms with Gasteiger partial charge in [0.1, 0.15) is 4.88 Å². The van der Waals surface area contributed by atoms with E-state index < -0.39 is 5.97 Å². The van der Waals surface area contributed by atoms with Crippen LogP contribution in [0.15, 0.2) is 24.3 Å². The van der Waals surface area contributed by atoms with Crippen LogP contribution >= 0.6 is 34.5 Å². The molecule has 1 amide bonds. The molecule has 1 heterocycles. The third-order valence-electron chi connectivity index (χ3n) is 4.27. The number of benzene rings is 1. The first-order chi connectivity index (χ1) is 12.5. The summed E-state index contributed by atoms with van der Waals surface area (Å²) in [6.07, 6.45) is 5.60. The normalized spacial score (nSPS) is 13.6. The number of carbonyl (C=O) groups is 2. The van der Waals surface area contributed by atoms with E-state index in [0.29, 0.717) is 14.9 Å². The van der Waals surface area contributed by atoms with Gasteiger partial charge in [0.2, 0.25) is 0 Å². The van der Waals surface area contributed by atoms with Gasteiger partial charge in [-0.3, -0.25) is 4.79 Å². The van der Waals surface area contributed by atoms with Crippen molar-refractivity contribution in [2.24, 2.45) is 0 Å². The Hall–Kier alpha value is -1.56. The van der Waals surface area contributed by atoms with E-state index in [2.05, 4.69) is 5.32 Å². The molecule has 1 aromatic carbocycles. The number of carbonyl (C=O) groups excluding carboxylic acids is 2. The number of hydrogen-bond acceptors (Lipinski definition) is 4. The number of nitrogens with one attached hydrogen (secondary N) is 1. The molecule has 0 aliphatic heterocycles. The van der Waals surface area contributed by atoms with Gasteiger partial charge >= 0.3 is 5.97 Å². The van der Waals surface area contributed by atoms with Crippen LogP contribution in [0, 0.1) is 0 Å². The van der Waals surface area contributed by atoms with E-state index in [1.54, 1.807) is 18.2 Å². The van der Waals surface area contributed by atoms with E-state index in [9.17, 15) is 9.59 Å². The highest BCUT2D eigenvalue weighted by Crippen LogP contribution is 2.29. The van der Waals surface area contributed by atoms with E-state index in [4.69, 9.17) is 27.9 Å². The minimum absolute atomic E-state index is 0.250. The van der Waals surface area contributed by atoms with Crippen LogP contribution in [-0.2, 0) is 28.9 Å². The zero-order chi connectivity index (χ0) is 18.5. The average molecular weight is 412 g/mol. The molecule has 0 spiro atoms. The number of rotatable bonds is 5. The quantitative estimate of drug-likeness (QED) is 0.567. The monoisotopic (exact) mass is 411 g/mol. The predicted octanol–water partition coefficient (Wildman–Crippen LogP) is 4.80. The Balaban J connectivity index is 1.49. The molecule has 0 bridgehead atoms. The van der Waals surface area contributed by atoms with Crippen LogP contribution in [0.4, 0.5) is 0 Å². The summed E-state index contributed by atoms with van der Waals surface area (Å²) in [6, 6.07) is 6.98. The minimum Gasteiger partial charge on any atom is -0.451 e. The zero-order valence-corrected chi connectivity index (χ0v) is 16.5. The fourth-order valence-electron chi connectivity index (χ4n) is 2.88. The third-order valence-corrected chi connectivity index (χ3v) is 6.08. The summed E-state index contributed by atoms with van der Waals surface area (Å²) in [5.41, 5.74) is 2.00. The Labute approximate surface area is 166 Å². The van der Waals surface area contributed by atoms with Crippen LogP contribution in [0.5, 0.6) is 0 Å². The second kappa shape index (κ2) is 8.89. The van der Waals surface area contributed by atoms with Crippen molar-refractivity contribution < 1.29 is 14.3 Å². The summed E-state index contributed by atoms with van der Waals surface area (Å²) >= 11 is 13.4. The Morgan fingerprint density at radius 1 is 1.12 bits per heavy atom. The highest BCUT2D eigenvalue weighted by molar-refractivity contribution is 7.14. The number of thiophene rings is 1. The lowest BCUT2D eigenvalue weighted by Gasteiger charge is -2.08. The van der Waals surface area contributed by atoms with Crippen molar-refractivity contribution in [1.82, 2.24) is 5.32 Å². The number of fused-ring (bicyclic) bond motifs is 1. The van der Waals surface area contributed by atoms with Crippen molar-refractivity contribution in [2.45, 2.75) is 38.6 Å². The molecule has 0 saturated heterocycles. The van der Waals surface area contributed by atoms with Gasteiger partial charge in [0.05, 0.1) is 0 Å². The molecule has 1 aromatic heterocycles. The number of esters is 1. The molecule has 0 atom stereocenters. The molecule has 2 aromatic rings. The Morgan fingerprint density at radius 2 is 1.92 bits per heavy atom. The predicted molar refractivity (Wildman–Crippen MR) is 104 cm³/mol. The van der Waals surface area contributed by atoms with Gasteiger partial charge in [0, 0.05) is 21.5 Å².